The molecule has 1 aromatic carbocycles. The van der Waals surface area contributed by atoms with E-state index in [1.807, 2.05) is 12.1 Å². The van der Waals surface area contributed by atoms with Gasteiger partial charge in [0.05, 0.1) is 22.3 Å². The van der Waals surface area contributed by atoms with Gasteiger partial charge in [0.25, 0.3) is 0 Å². The Bertz CT molecular complexity index is 611. The molecular weight excluding hydrogens is 331 g/mol. The Kier molecular flexibility index (Phi) is 5.40. The highest BCUT2D eigenvalue weighted by Crippen LogP contribution is 2.39. The van der Waals surface area contributed by atoms with Gasteiger partial charge >= 0.3 is 0 Å². The van der Waals surface area contributed by atoms with Gasteiger partial charge in [-0.25, -0.2) is 0 Å². The third-order valence-corrected chi connectivity index (χ3v) is 5.23. The molecule has 1 heterocycles. The molecule has 0 spiro atoms. The van der Waals surface area contributed by atoms with Crippen molar-refractivity contribution < 1.29 is 4.74 Å². The molecule has 5 heteroatoms. The summed E-state index contributed by atoms with van der Waals surface area (Å²) in [6.07, 6.45) is 4.76. The van der Waals surface area contributed by atoms with Gasteiger partial charge in [-0.05, 0) is 42.9 Å². The Labute approximate surface area is 148 Å². The Morgan fingerprint density at radius 3 is 2.65 bits per heavy atom. The molecule has 3 rings (SSSR count). The van der Waals surface area contributed by atoms with Gasteiger partial charge in [0.15, 0.2) is 0 Å². The second-order valence-corrected chi connectivity index (χ2v) is 7.24. The number of unbranched alkanes of at least 4 members (excludes halogenated alkanes) is 1. The molecule has 23 heavy (non-hydrogen) atoms. The van der Waals surface area contributed by atoms with E-state index >= 15 is 0 Å². The third-order valence-electron chi connectivity index (χ3n) is 4.51. The summed E-state index contributed by atoms with van der Waals surface area (Å²) in [6, 6.07) is 3.89. The predicted octanol–water partition coefficient (Wildman–Crippen LogP) is 4.66. The maximum absolute atomic E-state index is 6.24. The lowest BCUT2D eigenvalue weighted by Crippen LogP contribution is -2.34. The summed E-state index contributed by atoms with van der Waals surface area (Å²) >= 11 is 12.5. The molecule has 1 aromatic rings. The number of halogens is 2. The Hall–Kier alpha value is -0.900. The van der Waals surface area contributed by atoms with Crippen LogP contribution in [0.25, 0.3) is 5.76 Å². The van der Waals surface area contributed by atoms with Gasteiger partial charge in [0.2, 0.25) is 0 Å². The minimum Gasteiger partial charge on any atom is -0.491 e. The molecule has 0 radical (unpaired) electrons. The van der Waals surface area contributed by atoms with Gasteiger partial charge in [-0.2, -0.15) is 0 Å². The van der Waals surface area contributed by atoms with Gasteiger partial charge in [-0.15, -0.1) is 0 Å². The number of rotatable bonds is 7. The van der Waals surface area contributed by atoms with E-state index in [1.165, 1.54) is 18.4 Å². The standard InChI is InChI=1S/C18H24Cl2N2O/c1-2-3-6-23-18-14-8-16(20)15(19)7-13(14)11-22(17(18)9-21)10-12-4-5-12/h7-8,12H,2-6,9-11,21H2,1H3. The summed E-state index contributed by atoms with van der Waals surface area (Å²) in [4.78, 5) is 2.37. The van der Waals surface area contributed by atoms with Crippen molar-refractivity contribution in [2.24, 2.45) is 11.7 Å². The molecule has 126 valence electrons. The van der Waals surface area contributed by atoms with E-state index in [0.717, 1.165) is 48.9 Å². The lowest BCUT2D eigenvalue weighted by atomic mass is 9.98. The first-order chi connectivity index (χ1) is 11.1. The quantitative estimate of drug-likeness (QED) is 0.723. The average molecular weight is 355 g/mol. The fourth-order valence-corrected chi connectivity index (χ4v) is 3.37. The molecule has 0 atom stereocenters. The Morgan fingerprint density at radius 2 is 2.00 bits per heavy atom. The Morgan fingerprint density at radius 1 is 1.26 bits per heavy atom. The molecule has 1 aliphatic heterocycles. The number of nitrogens with zero attached hydrogens (tertiary/aromatic N) is 1. The number of fused-ring (bicyclic) bond motifs is 1. The van der Waals surface area contributed by atoms with E-state index in [9.17, 15) is 0 Å². The van der Waals surface area contributed by atoms with Crippen LogP contribution in [-0.2, 0) is 11.3 Å². The van der Waals surface area contributed by atoms with Crippen molar-refractivity contribution in [2.45, 2.75) is 39.2 Å². The molecule has 0 aromatic heterocycles. The zero-order valence-electron chi connectivity index (χ0n) is 13.6. The third kappa shape index (κ3) is 3.78. The van der Waals surface area contributed by atoms with E-state index in [0.29, 0.717) is 23.2 Å². The largest absolute Gasteiger partial charge is 0.491 e. The first-order valence-electron chi connectivity index (χ1n) is 8.43. The van der Waals surface area contributed by atoms with Crippen molar-refractivity contribution in [3.05, 3.63) is 39.0 Å². The molecule has 0 amide bonds. The van der Waals surface area contributed by atoms with Crippen LogP contribution in [0.15, 0.2) is 17.8 Å². The summed E-state index contributed by atoms with van der Waals surface area (Å²) in [5, 5.41) is 1.16. The number of hydrogen-bond acceptors (Lipinski definition) is 3. The van der Waals surface area contributed by atoms with E-state index < -0.39 is 0 Å². The van der Waals surface area contributed by atoms with Crippen LogP contribution in [0.3, 0.4) is 0 Å². The maximum atomic E-state index is 6.24. The number of benzene rings is 1. The average Bonchev–Trinajstić information content (AvgIpc) is 3.33. The molecule has 3 nitrogen and oxygen atoms in total. The van der Waals surface area contributed by atoms with Gasteiger partial charge < -0.3 is 15.4 Å². The molecule has 2 aliphatic rings. The van der Waals surface area contributed by atoms with Gasteiger partial charge in [-0.3, -0.25) is 0 Å². The van der Waals surface area contributed by atoms with Crippen LogP contribution in [0.2, 0.25) is 10.0 Å². The van der Waals surface area contributed by atoms with Crippen LogP contribution >= 0.6 is 23.2 Å². The summed E-state index contributed by atoms with van der Waals surface area (Å²) < 4.78 is 6.14. The molecule has 1 saturated carbocycles. The van der Waals surface area contributed by atoms with Crippen LogP contribution in [-0.4, -0.2) is 24.6 Å². The van der Waals surface area contributed by atoms with E-state index in [2.05, 4.69) is 11.8 Å². The minimum atomic E-state index is 0.480. The van der Waals surface area contributed by atoms with Crippen LogP contribution in [0.1, 0.15) is 43.7 Å². The first-order valence-corrected chi connectivity index (χ1v) is 9.18. The molecule has 0 bridgehead atoms. The fourth-order valence-electron chi connectivity index (χ4n) is 3.02. The zero-order chi connectivity index (χ0) is 16.4. The lowest BCUT2D eigenvalue weighted by Gasteiger charge is -2.35. The molecular formula is C18H24Cl2N2O. The van der Waals surface area contributed by atoms with Crippen LogP contribution < -0.4 is 5.73 Å². The smallest absolute Gasteiger partial charge is 0.147 e. The summed E-state index contributed by atoms with van der Waals surface area (Å²) in [5.41, 5.74) is 9.38. The zero-order valence-corrected chi connectivity index (χ0v) is 15.1. The normalized spacial score (nSPS) is 17.5. The van der Waals surface area contributed by atoms with Crippen LogP contribution in [0, 0.1) is 5.92 Å². The van der Waals surface area contributed by atoms with Gasteiger partial charge in [0.1, 0.15) is 5.76 Å². The summed E-state index contributed by atoms with van der Waals surface area (Å²) in [6.45, 7) is 5.22. The second-order valence-electron chi connectivity index (χ2n) is 6.43. The lowest BCUT2D eigenvalue weighted by molar-refractivity contribution is 0.238. The second kappa shape index (κ2) is 7.33. The highest BCUT2D eigenvalue weighted by Gasteiger charge is 2.31. The van der Waals surface area contributed by atoms with Crippen LogP contribution in [0.5, 0.6) is 0 Å². The predicted molar refractivity (Wildman–Crippen MR) is 96.4 cm³/mol. The van der Waals surface area contributed by atoms with Crippen molar-refractivity contribution in [3.63, 3.8) is 0 Å². The topological polar surface area (TPSA) is 38.5 Å². The van der Waals surface area contributed by atoms with Gasteiger partial charge in [-0.1, -0.05) is 36.5 Å². The molecule has 0 saturated heterocycles. The van der Waals surface area contributed by atoms with E-state index in [1.54, 1.807) is 0 Å². The molecule has 1 fully saturated rings. The van der Waals surface area contributed by atoms with Gasteiger partial charge in [0, 0.05) is 25.2 Å². The minimum absolute atomic E-state index is 0.480. The number of nitrogens with two attached hydrogens (primary N) is 1. The van der Waals surface area contributed by atoms with Crippen molar-refractivity contribution in [2.75, 3.05) is 19.7 Å². The maximum Gasteiger partial charge on any atom is 0.147 e. The summed E-state index contributed by atoms with van der Waals surface area (Å²) in [7, 11) is 0. The fraction of sp³-hybridized carbons (Fsp3) is 0.556. The van der Waals surface area contributed by atoms with Crippen molar-refractivity contribution in [1.29, 1.82) is 0 Å². The monoisotopic (exact) mass is 354 g/mol. The number of ether oxygens (including phenoxy) is 1. The molecule has 0 unspecified atom stereocenters. The SMILES string of the molecule is CCCCOC1=C(CN)N(CC2CC2)Cc2cc(Cl)c(Cl)cc21. The van der Waals surface area contributed by atoms with Crippen LogP contribution in [0.4, 0.5) is 0 Å². The van der Waals surface area contributed by atoms with Crippen molar-refractivity contribution in [1.82, 2.24) is 4.90 Å². The Balaban J connectivity index is 1.97. The van der Waals surface area contributed by atoms with E-state index in [-0.39, 0.29) is 0 Å². The van der Waals surface area contributed by atoms with Crippen molar-refractivity contribution >= 4 is 29.0 Å². The summed E-state index contributed by atoms with van der Waals surface area (Å²) in [5.74, 6) is 1.68. The molecule has 2 N–H and O–H groups in total. The molecule has 1 aliphatic carbocycles. The number of hydrogen-bond donors (Lipinski definition) is 1. The first kappa shape index (κ1) is 16.9. The highest BCUT2D eigenvalue weighted by atomic mass is 35.5. The van der Waals surface area contributed by atoms with E-state index in [4.69, 9.17) is 33.7 Å². The highest BCUT2D eigenvalue weighted by molar-refractivity contribution is 6.42. The van der Waals surface area contributed by atoms with Crippen molar-refractivity contribution in [3.8, 4) is 0 Å².